The van der Waals surface area contributed by atoms with Crippen molar-refractivity contribution in [2.75, 3.05) is 0 Å². The van der Waals surface area contributed by atoms with Crippen molar-refractivity contribution in [1.29, 1.82) is 0 Å². The molecule has 0 aliphatic heterocycles. The molecule has 0 aromatic heterocycles. The van der Waals surface area contributed by atoms with Crippen LogP contribution in [0.3, 0.4) is 0 Å². The third-order valence-electron chi connectivity index (χ3n) is 3.57. The molecule has 0 radical (unpaired) electrons. The number of aliphatic hydroxyl groups is 1. The van der Waals surface area contributed by atoms with Crippen molar-refractivity contribution < 1.29 is 13.9 Å². The van der Waals surface area contributed by atoms with Crippen LogP contribution >= 0.6 is 0 Å². The predicted molar refractivity (Wildman–Crippen MR) is 61.3 cm³/mol. The quantitative estimate of drug-likeness (QED) is 0.835. The summed E-state index contributed by atoms with van der Waals surface area (Å²) in [6.45, 7) is 0. The molecule has 1 aliphatic carbocycles. The summed E-state index contributed by atoms with van der Waals surface area (Å²) in [6, 6.07) is 2.89. The lowest BCUT2D eigenvalue weighted by Crippen LogP contribution is -2.28. The van der Waals surface area contributed by atoms with E-state index in [9.17, 15) is 13.9 Å². The van der Waals surface area contributed by atoms with E-state index in [1.54, 1.807) is 0 Å². The fraction of sp³-hybridized carbons (Fsp3) is 0.538. The minimum Gasteiger partial charge on any atom is -0.393 e. The molecule has 0 heterocycles. The Labute approximate surface area is 99.4 Å². The molecule has 17 heavy (non-hydrogen) atoms. The van der Waals surface area contributed by atoms with Gasteiger partial charge in [-0.15, -0.1) is 0 Å². The third-order valence-corrected chi connectivity index (χ3v) is 3.57. The number of hydrogen-bond donors (Lipinski definition) is 2. The Hall–Kier alpha value is -1.00. The Morgan fingerprint density at radius 1 is 1.18 bits per heavy atom. The highest BCUT2D eigenvalue weighted by Crippen LogP contribution is 2.34. The van der Waals surface area contributed by atoms with E-state index in [1.165, 1.54) is 6.07 Å². The highest BCUT2D eigenvalue weighted by Gasteiger charge is 2.27. The molecule has 3 N–H and O–H groups in total. The fourth-order valence-electron chi connectivity index (χ4n) is 2.48. The molecule has 1 aliphatic rings. The van der Waals surface area contributed by atoms with Gasteiger partial charge in [0.15, 0.2) is 0 Å². The van der Waals surface area contributed by atoms with Crippen molar-refractivity contribution in [3.05, 3.63) is 35.4 Å². The van der Waals surface area contributed by atoms with Crippen LogP contribution in [0.25, 0.3) is 0 Å². The Bertz CT molecular complexity index is 389. The average molecular weight is 241 g/mol. The first-order chi connectivity index (χ1) is 8.08. The first-order valence-electron chi connectivity index (χ1n) is 5.96. The van der Waals surface area contributed by atoms with Crippen LogP contribution in [-0.2, 0) is 0 Å². The number of halogens is 2. The number of aliphatic hydroxyl groups excluding tert-OH is 1. The van der Waals surface area contributed by atoms with E-state index >= 15 is 0 Å². The zero-order valence-electron chi connectivity index (χ0n) is 9.57. The van der Waals surface area contributed by atoms with Crippen molar-refractivity contribution in [2.24, 2.45) is 11.7 Å². The summed E-state index contributed by atoms with van der Waals surface area (Å²) < 4.78 is 26.6. The number of rotatable bonds is 2. The van der Waals surface area contributed by atoms with E-state index < -0.39 is 17.7 Å². The molecule has 0 bridgehead atoms. The summed E-state index contributed by atoms with van der Waals surface area (Å²) in [4.78, 5) is 0. The number of nitrogens with two attached hydrogens (primary N) is 1. The van der Waals surface area contributed by atoms with Crippen LogP contribution in [0.4, 0.5) is 8.78 Å². The lowest BCUT2D eigenvalue weighted by Gasteiger charge is -2.30. The highest BCUT2D eigenvalue weighted by molar-refractivity contribution is 5.22. The van der Waals surface area contributed by atoms with Gasteiger partial charge in [0.1, 0.15) is 11.6 Å². The van der Waals surface area contributed by atoms with Crippen molar-refractivity contribution in [2.45, 2.75) is 37.8 Å². The van der Waals surface area contributed by atoms with Gasteiger partial charge in [0.2, 0.25) is 0 Å². The van der Waals surface area contributed by atoms with Crippen molar-refractivity contribution in [3.63, 3.8) is 0 Å². The molecular weight excluding hydrogens is 224 g/mol. The summed E-state index contributed by atoms with van der Waals surface area (Å²) in [7, 11) is 0. The minimum atomic E-state index is -0.488. The smallest absolute Gasteiger partial charge is 0.128 e. The van der Waals surface area contributed by atoms with Crippen LogP contribution in [-0.4, -0.2) is 11.2 Å². The molecule has 0 saturated heterocycles. The fourth-order valence-corrected chi connectivity index (χ4v) is 2.48. The molecule has 0 spiro atoms. The second-order valence-corrected chi connectivity index (χ2v) is 4.76. The third kappa shape index (κ3) is 2.82. The molecule has 1 fully saturated rings. The summed E-state index contributed by atoms with van der Waals surface area (Å²) in [5.74, 6) is -0.799. The Morgan fingerprint density at radius 2 is 1.82 bits per heavy atom. The standard InChI is InChI=1S/C13H17F2NO/c14-9-3-6-12(15)11(7-9)13(16)8-1-4-10(17)5-2-8/h3,6-8,10,13,17H,1-2,4-5,16H2. The molecule has 94 valence electrons. The summed E-state index contributed by atoms with van der Waals surface area (Å²) in [5, 5.41) is 9.40. The lowest BCUT2D eigenvalue weighted by molar-refractivity contribution is 0.101. The van der Waals surface area contributed by atoms with E-state index in [0.717, 1.165) is 25.0 Å². The molecular formula is C13H17F2NO. The lowest BCUT2D eigenvalue weighted by atomic mass is 9.80. The van der Waals surface area contributed by atoms with Crippen LogP contribution in [0.2, 0.25) is 0 Å². The topological polar surface area (TPSA) is 46.2 Å². The summed E-state index contributed by atoms with van der Waals surface area (Å²) >= 11 is 0. The van der Waals surface area contributed by atoms with E-state index in [1.807, 2.05) is 0 Å². The molecule has 1 unspecified atom stereocenters. The van der Waals surface area contributed by atoms with Gasteiger partial charge < -0.3 is 10.8 Å². The van der Waals surface area contributed by atoms with Gasteiger partial charge >= 0.3 is 0 Å². The maximum Gasteiger partial charge on any atom is 0.128 e. The van der Waals surface area contributed by atoms with E-state index in [4.69, 9.17) is 5.73 Å². The molecule has 2 rings (SSSR count). The van der Waals surface area contributed by atoms with Crippen molar-refractivity contribution >= 4 is 0 Å². The molecule has 2 nitrogen and oxygen atoms in total. The van der Waals surface area contributed by atoms with Gasteiger partial charge in [-0.1, -0.05) is 0 Å². The number of hydrogen-bond acceptors (Lipinski definition) is 2. The van der Waals surface area contributed by atoms with Crippen LogP contribution < -0.4 is 5.73 Å². The molecule has 0 amide bonds. The zero-order chi connectivity index (χ0) is 12.4. The Balaban J connectivity index is 2.13. The average Bonchev–Trinajstić information content (AvgIpc) is 2.32. The van der Waals surface area contributed by atoms with Crippen molar-refractivity contribution in [3.8, 4) is 0 Å². The zero-order valence-corrected chi connectivity index (χ0v) is 9.57. The van der Waals surface area contributed by atoms with E-state index in [0.29, 0.717) is 12.8 Å². The van der Waals surface area contributed by atoms with E-state index in [2.05, 4.69) is 0 Å². The minimum absolute atomic E-state index is 0.120. The first-order valence-corrected chi connectivity index (χ1v) is 5.96. The molecule has 1 saturated carbocycles. The normalized spacial score (nSPS) is 26.8. The van der Waals surface area contributed by atoms with Gasteiger partial charge in [0, 0.05) is 11.6 Å². The maximum atomic E-state index is 13.6. The van der Waals surface area contributed by atoms with Gasteiger partial charge in [-0.05, 0) is 49.8 Å². The van der Waals surface area contributed by atoms with Gasteiger partial charge in [-0.3, -0.25) is 0 Å². The molecule has 1 aromatic carbocycles. The van der Waals surface area contributed by atoms with Crippen LogP contribution in [0.5, 0.6) is 0 Å². The van der Waals surface area contributed by atoms with E-state index in [-0.39, 0.29) is 17.6 Å². The molecule has 4 heteroatoms. The number of benzene rings is 1. The molecule has 1 aromatic rings. The second-order valence-electron chi connectivity index (χ2n) is 4.76. The summed E-state index contributed by atoms with van der Waals surface area (Å²) in [5.41, 5.74) is 6.24. The van der Waals surface area contributed by atoms with Gasteiger partial charge in [0.25, 0.3) is 0 Å². The Morgan fingerprint density at radius 3 is 2.47 bits per heavy atom. The monoisotopic (exact) mass is 241 g/mol. The van der Waals surface area contributed by atoms with Crippen LogP contribution in [0.15, 0.2) is 18.2 Å². The second kappa shape index (κ2) is 5.10. The van der Waals surface area contributed by atoms with Crippen LogP contribution in [0.1, 0.15) is 37.3 Å². The molecule has 1 atom stereocenters. The predicted octanol–water partition coefficient (Wildman–Crippen LogP) is 2.52. The largest absolute Gasteiger partial charge is 0.393 e. The highest BCUT2D eigenvalue weighted by atomic mass is 19.1. The van der Waals surface area contributed by atoms with Crippen molar-refractivity contribution in [1.82, 2.24) is 0 Å². The summed E-state index contributed by atoms with van der Waals surface area (Å²) in [6.07, 6.45) is 2.64. The van der Waals surface area contributed by atoms with Gasteiger partial charge in [0.05, 0.1) is 6.10 Å². The van der Waals surface area contributed by atoms with Gasteiger partial charge in [-0.25, -0.2) is 8.78 Å². The Kier molecular flexibility index (Phi) is 3.74. The van der Waals surface area contributed by atoms with Gasteiger partial charge in [-0.2, -0.15) is 0 Å². The SMILES string of the molecule is NC(c1cc(F)ccc1F)C1CCC(O)CC1. The van der Waals surface area contributed by atoms with Crippen LogP contribution in [0, 0.1) is 17.6 Å². The maximum absolute atomic E-state index is 13.6. The first kappa shape index (κ1) is 12.5.